The average Bonchev–Trinajstić information content (AvgIpc) is 2.01. The van der Waals surface area contributed by atoms with Crippen LogP contribution in [0.5, 0.6) is 0 Å². The minimum absolute atomic E-state index is 0.297. The number of nitrogens with two attached hydrogens (primary N) is 1. The Morgan fingerprint density at radius 3 is 2.54 bits per heavy atom. The molecular formula is C6H16N2O4S. The highest BCUT2D eigenvalue weighted by Gasteiger charge is 1.98. The molecule has 0 saturated heterocycles. The van der Waals surface area contributed by atoms with Crippen LogP contribution in [0.3, 0.4) is 0 Å². The molecule has 6 nitrogen and oxygen atoms in total. The first-order chi connectivity index (χ1) is 6.06. The van der Waals surface area contributed by atoms with Gasteiger partial charge in [-0.05, 0) is 6.42 Å². The molecule has 13 heavy (non-hydrogen) atoms. The number of hydrogen-bond acceptors (Lipinski definition) is 4. The standard InChI is InChI=1S/C6H16N2O4S/c1-11-5-6-12-4-2-3-8-13(7,9)10/h8H,2-6H2,1H3,(H2,7,9,10). The van der Waals surface area contributed by atoms with E-state index in [9.17, 15) is 8.42 Å². The lowest BCUT2D eigenvalue weighted by Crippen LogP contribution is -2.32. The molecule has 0 unspecified atom stereocenters. The van der Waals surface area contributed by atoms with Crippen molar-refractivity contribution in [3.63, 3.8) is 0 Å². The fourth-order valence-electron chi connectivity index (χ4n) is 0.633. The van der Waals surface area contributed by atoms with Crippen molar-refractivity contribution in [1.82, 2.24) is 4.72 Å². The Morgan fingerprint density at radius 1 is 1.31 bits per heavy atom. The van der Waals surface area contributed by atoms with Crippen LogP contribution in [0.2, 0.25) is 0 Å². The van der Waals surface area contributed by atoms with Crippen LogP contribution in [0.25, 0.3) is 0 Å². The van der Waals surface area contributed by atoms with Crippen molar-refractivity contribution >= 4 is 10.2 Å². The Morgan fingerprint density at radius 2 is 2.00 bits per heavy atom. The van der Waals surface area contributed by atoms with Crippen LogP contribution in [0.4, 0.5) is 0 Å². The number of nitrogens with one attached hydrogen (secondary N) is 1. The Balaban J connectivity index is 3.09. The maximum absolute atomic E-state index is 10.4. The second-order valence-electron chi connectivity index (χ2n) is 2.40. The van der Waals surface area contributed by atoms with Gasteiger partial charge in [-0.15, -0.1) is 0 Å². The minimum atomic E-state index is -3.55. The van der Waals surface area contributed by atoms with E-state index >= 15 is 0 Å². The fraction of sp³-hybridized carbons (Fsp3) is 1.00. The summed E-state index contributed by atoms with van der Waals surface area (Å²) < 4.78 is 32.7. The summed E-state index contributed by atoms with van der Waals surface area (Å²) in [5.41, 5.74) is 0. The molecule has 0 bridgehead atoms. The summed E-state index contributed by atoms with van der Waals surface area (Å²) in [4.78, 5) is 0. The third kappa shape index (κ3) is 11.8. The summed E-state index contributed by atoms with van der Waals surface area (Å²) in [6, 6.07) is 0. The maximum atomic E-state index is 10.4. The van der Waals surface area contributed by atoms with Crippen molar-refractivity contribution in [2.75, 3.05) is 33.5 Å². The average molecular weight is 212 g/mol. The first kappa shape index (κ1) is 12.8. The zero-order valence-corrected chi connectivity index (χ0v) is 8.47. The van der Waals surface area contributed by atoms with E-state index < -0.39 is 10.2 Å². The van der Waals surface area contributed by atoms with Crippen molar-refractivity contribution in [2.45, 2.75) is 6.42 Å². The maximum Gasteiger partial charge on any atom is 0.274 e. The van der Waals surface area contributed by atoms with Crippen molar-refractivity contribution < 1.29 is 17.9 Å². The number of ether oxygens (including phenoxy) is 2. The lowest BCUT2D eigenvalue weighted by atomic mass is 10.5. The Labute approximate surface area is 78.6 Å². The second kappa shape index (κ2) is 7.22. The minimum Gasteiger partial charge on any atom is -0.382 e. The Kier molecular flexibility index (Phi) is 7.10. The highest BCUT2D eigenvalue weighted by Crippen LogP contribution is 1.82. The molecule has 0 aliphatic carbocycles. The normalized spacial score (nSPS) is 11.8. The topological polar surface area (TPSA) is 90.7 Å². The molecular weight excluding hydrogens is 196 g/mol. The lowest BCUT2D eigenvalue weighted by molar-refractivity contribution is 0.0699. The fourth-order valence-corrected chi connectivity index (χ4v) is 1.06. The summed E-state index contributed by atoms with van der Waals surface area (Å²) in [6.07, 6.45) is 0.597. The largest absolute Gasteiger partial charge is 0.382 e. The van der Waals surface area contributed by atoms with Gasteiger partial charge in [0, 0.05) is 20.3 Å². The predicted molar refractivity (Wildman–Crippen MR) is 48.4 cm³/mol. The van der Waals surface area contributed by atoms with Gasteiger partial charge in [0.15, 0.2) is 0 Å². The van der Waals surface area contributed by atoms with Crippen molar-refractivity contribution in [3.05, 3.63) is 0 Å². The molecule has 0 aliphatic rings. The highest BCUT2D eigenvalue weighted by atomic mass is 32.2. The quantitative estimate of drug-likeness (QED) is 0.496. The van der Waals surface area contributed by atoms with E-state index in [1.165, 1.54) is 0 Å². The van der Waals surface area contributed by atoms with Crippen LogP contribution in [-0.4, -0.2) is 41.9 Å². The predicted octanol–water partition coefficient (Wildman–Crippen LogP) is -1.17. The molecule has 0 atom stereocenters. The van der Waals surface area contributed by atoms with Crippen molar-refractivity contribution in [2.24, 2.45) is 5.14 Å². The molecule has 0 rings (SSSR count). The van der Waals surface area contributed by atoms with E-state index in [0.29, 0.717) is 32.8 Å². The molecule has 0 fully saturated rings. The molecule has 3 N–H and O–H groups in total. The summed E-state index contributed by atoms with van der Waals surface area (Å²) in [5, 5.41) is 4.70. The number of hydrogen-bond donors (Lipinski definition) is 2. The smallest absolute Gasteiger partial charge is 0.274 e. The second-order valence-corrected chi connectivity index (χ2v) is 3.78. The van der Waals surface area contributed by atoms with Crippen LogP contribution in [-0.2, 0) is 19.7 Å². The molecule has 0 aliphatic heterocycles. The zero-order valence-electron chi connectivity index (χ0n) is 7.65. The SMILES string of the molecule is COCCOCCCNS(N)(=O)=O. The van der Waals surface area contributed by atoms with Gasteiger partial charge in [0.25, 0.3) is 10.2 Å². The van der Waals surface area contributed by atoms with E-state index in [0.717, 1.165) is 0 Å². The third-order valence-corrected chi connectivity index (χ3v) is 1.81. The first-order valence-electron chi connectivity index (χ1n) is 3.90. The van der Waals surface area contributed by atoms with Crippen LogP contribution >= 0.6 is 0 Å². The van der Waals surface area contributed by atoms with Gasteiger partial charge >= 0.3 is 0 Å². The van der Waals surface area contributed by atoms with Gasteiger partial charge in [-0.3, -0.25) is 0 Å². The van der Waals surface area contributed by atoms with Crippen LogP contribution in [0.15, 0.2) is 0 Å². The van der Waals surface area contributed by atoms with Gasteiger partial charge in [-0.1, -0.05) is 0 Å². The van der Waals surface area contributed by atoms with Crippen molar-refractivity contribution in [1.29, 1.82) is 0 Å². The van der Waals surface area contributed by atoms with Crippen LogP contribution in [0.1, 0.15) is 6.42 Å². The molecule has 7 heteroatoms. The van der Waals surface area contributed by atoms with Crippen molar-refractivity contribution in [3.8, 4) is 0 Å². The Bertz CT molecular complexity index is 205. The molecule has 80 valence electrons. The number of rotatable bonds is 8. The summed E-state index contributed by atoms with van der Waals surface area (Å²) in [5.74, 6) is 0. The Hall–Kier alpha value is -0.210. The van der Waals surface area contributed by atoms with E-state index in [1.807, 2.05) is 0 Å². The van der Waals surface area contributed by atoms with Crippen LogP contribution in [0, 0.1) is 0 Å². The molecule has 0 saturated carbocycles. The first-order valence-corrected chi connectivity index (χ1v) is 5.45. The molecule has 0 amide bonds. The van der Waals surface area contributed by atoms with E-state index in [-0.39, 0.29) is 0 Å². The van der Waals surface area contributed by atoms with E-state index in [1.54, 1.807) is 7.11 Å². The van der Waals surface area contributed by atoms with E-state index in [4.69, 9.17) is 14.6 Å². The molecule has 0 spiro atoms. The molecule has 0 aromatic heterocycles. The molecule has 0 aromatic carbocycles. The van der Waals surface area contributed by atoms with Gasteiger partial charge in [0.05, 0.1) is 13.2 Å². The lowest BCUT2D eigenvalue weighted by Gasteiger charge is -2.03. The zero-order chi connectivity index (χ0) is 10.2. The molecule has 0 heterocycles. The number of methoxy groups -OCH3 is 1. The van der Waals surface area contributed by atoms with Gasteiger partial charge in [-0.2, -0.15) is 8.42 Å². The summed E-state index contributed by atoms with van der Waals surface area (Å²) >= 11 is 0. The van der Waals surface area contributed by atoms with Gasteiger partial charge < -0.3 is 9.47 Å². The summed E-state index contributed by atoms with van der Waals surface area (Å²) in [6.45, 7) is 1.85. The van der Waals surface area contributed by atoms with E-state index in [2.05, 4.69) is 4.72 Å². The van der Waals surface area contributed by atoms with Gasteiger partial charge in [0.2, 0.25) is 0 Å². The third-order valence-electron chi connectivity index (χ3n) is 1.20. The monoisotopic (exact) mass is 212 g/mol. The van der Waals surface area contributed by atoms with Crippen LogP contribution < -0.4 is 9.86 Å². The molecule has 0 aromatic rings. The van der Waals surface area contributed by atoms with Gasteiger partial charge in [-0.25, -0.2) is 9.86 Å². The van der Waals surface area contributed by atoms with Gasteiger partial charge in [0.1, 0.15) is 0 Å². The molecule has 0 radical (unpaired) electrons. The highest BCUT2D eigenvalue weighted by molar-refractivity contribution is 7.87. The summed E-state index contributed by atoms with van der Waals surface area (Å²) in [7, 11) is -1.96.